The molecule has 154 valence electrons. The molecule has 0 aliphatic heterocycles. The van der Waals surface area contributed by atoms with Gasteiger partial charge in [0.1, 0.15) is 17.1 Å². The van der Waals surface area contributed by atoms with E-state index in [9.17, 15) is 4.79 Å². The lowest BCUT2D eigenvalue weighted by atomic mass is 10.0. The van der Waals surface area contributed by atoms with Gasteiger partial charge in [-0.25, -0.2) is 4.98 Å². The molecule has 0 radical (unpaired) electrons. The van der Waals surface area contributed by atoms with Crippen LogP contribution in [0.4, 0.5) is 5.95 Å². The highest BCUT2D eigenvalue weighted by molar-refractivity contribution is 6.41. The van der Waals surface area contributed by atoms with Crippen LogP contribution in [0.2, 0.25) is 10.0 Å². The van der Waals surface area contributed by atoms with Crippen molar-refractivity contribution in [1.29, 1.82) is 0 Å². The van der Waals surface area contributed by atoms with Gasteiger partial charge in [-0.05, 0) is 13.0 Å². The van der Waals surface area contributed by atoms with E-state index < -0.39 is 0 Å². The minimum Gasteiger partial charge on any atom is -0.495 e. The van der Waals surface area contributed by atoms with Gasteiger partial charge in [0.25, 0.3) is 5.56 Å². The lowest BCUT2D eigenvalue weighted by Gasteiger charge is -2.16. The molecule has 0 spiro atoms. The fourth-order valence-corrected chi connectivity index (χ4v) is 3.73. The van der Waals surface area contributed by atoms with Gasteiger partial charge in [0.15, 0.2) is 0 Å². The third kappa shape index (κ3) is 3.83. The molecule has 0 saturated carbocycles. The summed E-state index contributed by atoms with van der Waals surface area (Å²) in [5.74, 6) is 1.10. The molecule has 0 saturated heterocycles. The van der Waals surface area contributed by atoms with Crippen molar-refractivity contribution in [3.05, 3.63) is 38.7 Å². The zero-order chi connectivity index (χ0) is 21.1. The van der Waals surface area contributed by atoms with Gasteiger partial charge >= 0.3 is 0 Å². The maximum atomic E-state index is 13.3. The lowest BCUT2D eigenvalue weighted by molar-refractivity contribution is 0.395. The van der Waals surface area contributed by atoms with Gasteiger partial charge in [0.2, 0.25) is 5.95 Å². The number of hydrogen-bond donors (Lipinski definition) is 2. The van der Waals surface area contributed by atoms with E-state index in [1.54, 1.807) is 22.9 Å². The molecule has 29 heavy (non-hydrogen) atoms. The van der Waals surface area contributed by atoms with Gasteiger partial charge in [-0.3, -0.25) is 9.36 Å². The van der Waals surface area contributed by atoms with Gasteiger partial charge in [-0.1, -0.05) is 23.2 Å². The Balaban J connectivity index is 2.32. The largest absolute Gasteiger partial charge is 0.495 e. The maximum absolute atomic E-state index is 13.3. The molecule has 0 bridgehead atoms. The number of nitrogens with two attached hydrogens (primary N) is 1. The normalized spacial score (nSPS) is 11.0. The highest BCUT2D eigenvalue weighted by Gasteiger charge is 2.22. The van der Waals surface area contributed by atoms with Crippen LogP contribution in [0, 0.1) is 0 Å². The predicted octanol–water partition coefficient (Wildman–Crippen LogP) is 3.17. The molecule has 0 aliphatic carbocycles. The summed E-state index contributed by atoms with van der Waals surface area (Å²) in [4.78, 5) is 22.1. The Bertz CT molecular complexity index is 1090. The van der Waals surface area contributed by atoms with Gasteiger partial charge in [-0.2, -0.15) is 4.98 Å². The van der Waals surface area contributed by atoms with Crippen molar-refractivity contribution in [1.82, 2.24) is 14.5 Å². The predicted molar refractivity (Wildman–Crippen MR) is 116 cm³/mol. The first kappa shape index (κ1) is 21.2. The minimum atomic E-state index is -0.289. The third-order valence-electron chi connectivity index (χ3n) is 4.41. The third-order valence-corrected chi connectivity index (χ3v) is 5.16. The van der Waals surface area contributed by atoms with E-state index in [2.05, 4.69) is 15.3 Å². The van der Waals surface area contributed by atoms with Crippen LogP contribution < -0.4 is 26.1 Å². The number of pyridine rings is 1. The van der Waals surface area contributed by atoms with Crippen LogP contribution in [-0.4, -0.2) is 41.8 Å². The van der Waals surface area contributed by atoms with Crippen LogP contribution in [-0.2, 0) is 6.54 Å². The van der Waals surface area contributed by atoms with E-state index in [-0.39, 0.29) is 15.6 Å². The zero-order valence-corrected chi connectivity index (χ0v) is 17.8. The number of benzene rings is 1. The smallest absolute Gasteiger partial charge is 0.260 e. The molecule has 3 N–H and O–H groups in total. The Morgan fingerprint density at radius 3 is 2.38 bits per heavy atom. The van der Waals surface area contributed by atoms with Gasteiger partial charge in [0.05, 0.1) is 29.8 Å². The van der Waals surface area contributed by atoms with Crippen molar-refractivity contribution < 1.29 is 9.47 Å². The first-order valence-electron chi connectivity index (χ1n) is 8.91. The number of fused-ring (bicyclic) bond motifs is 1. The quantitative estimate of drug-likeness (QED) is 0.584. The Morgan fingerprint density at radius 1 is 1.17 bits per heavy atom. The zero-order valence-electron chi connectivity index (χ0n) is 16.3. The van der Waals surface area contributed by atoms with Crippen LogP contribution in [0.1, 0.15) is 6.92 Å². The summed E-state index contributed by atoms with van der Waals surface area (Å²) in [5, 5.41) is 4.12. The SMILES string of the molecule is CCn1c(=O)c(-c2c(Cl)c(OC)cc(OC)c2Cl)cc2cnc(NCCN)nc21. The molecule has 0 amide bonds. The summed E-state index contributed by atoms with van der Waals surface area (Å²) < 4.78 is 12.2. The number of halogens is 2. The summed E-state index contributed by atoms with van der Waals surface area (Å²) in [6.07, 6.45) is 1.63. The topological polar surface area (TPSA) is 104 Å². The molecule has 2 aromatic heterocycles. The Hall–Kier alpha value is -2.55. The van der Waals surface area contributed by atoms with E-state index in [0.717, 1.165) is 0 Å². The number of aryl methyl sites for hydroxylation is 1. The lowest BCUT2D eigenvalue weighted by Crippen LogP contribution is -2.23. The number of anilines is 1. The first-order valence-corrected chi connectivity index (χ1v) is 9.67. The molecule has 2 heterocycles. The van der Waals surface area contributed by atoms with E-state index >= 15 is 0 Å². The molecule has 10 heteroatoms. The number of methoxy groups -OCH3 is 2. The molecule has 0 unspecified atom stereocenters. The van der Waals surface area contributed by atoms with Crippen molar-refractivity contribution >= 4 is 40.2 Å². The molecule has 0 atom stereocenters. The molecular weight excluding hydrogens is 417 g/mol. The van der Waals surface area contributed by atoms with Crippen molar-refractivity contribution in [3.8, 4) is 22.6 Å². The molecule has 3 aromatic rings. The second-order valence-electron chi connectivity index (χ2n) is 6.08. The van der Waals surface area contributed by atoms with Crippen molar-refractivity contribution in [2.75, 3.05) is 32.6 Å². The number of ether oxygens (including phenoxy) is 2. The molecule has 3 rings (SSSR count). The molecule has 8 nitrogen and oxygen atoms in total. The fourth-order valence-electron chi connectivity index (χ4n) is 3.02. The minimum absolute atomic E-state index is 0.222. The summed E-state index contributed by atoms with van der Waals surface area (Å²) in [5.41, 5.74) is 6.36. The Morgan fingerprint density at radius 2 is 1.83 bits per heavy atom. The summed E-state index contributed by atoms with van der Waals surface area (Å²) in [6.45, 7) is 3.21. The standard InChI is InChI=1S/C19H21Cl2N5O3/c1-4-26-17-10(9-24-19(25-17)23-6-5-22)7-11(18(26)27)14-15(20)12(28-2)8-13(29-3)16(14)21/h7-9H,4-6,22H2,1-3H3,(H,23,24,25). The summed E-state index contributed by atoms with van der Waals surface area (Å²) in [7, 11) is 2.96. The first-order chi connectivity index (χ1) is 14.0. The summed E-state index contributed by atoms with van der Waals surface area (Å²) in [6, 6.07) is 3.24. The van der Waals surface area contributed by atoms with Crippen LogP contribution in [0.5, 0.6) is 11.5 Å². The van der Waals surface area contributed by atoms with Crippen molar-refractivity contribution in [3.63, 3.8) is 0 Å². The molecule has 0 aliphatic rings. The van der Waals surface area contributed by atoms with Gasteiger partial charge in [-0.15, -0.1) is 0 Å². The van der Waals surface area contributed by atoms with E-state index in [0.29, 0.717) is 59.2 Å². The average Bonchev–Trinajstić information content (AvgIpc) is 2.73. The fraction of sp³-hybridized carbons (Fsp3) is 0.316. The second-order valence-corrected chi connectivity index (χ2v) is 6.84. The number of rotatable bonds is 7. The molecular formula is C19H21Cl2N5O3. The van der Waals surface area contributed by atoms with E-state index in [1.165, 1.54) is 14.2 Å². The number of nitrogens with zero attached hydrogens (tertiary/aromatic N) is 3. The van der Waals surface area contributed by atoms with Crippen molar-refractivity contribution in [2.24, 2.45) is 5.73 Å². The Labute approximate surface area is 177 Å². The number of aromatic nitrogens is 3. The summed E-state index contributed by atoms with van der Waals surface area (Å²) >= 11 is 13.0. The number of nitrogens with one attached hydrogen (secondary N) is 1. The monoisotopic (exact) mass is 437 g/mol. The van der Waals surface area contributed by atoms with Gasteiger partial charge < -0.3 is 20.5 Å². The Kier molecular flexibility index (Phi) is 6.46. The van der Waals surface area contributed by atoms with Crippen molar-refractivity contribution in [2.45, 2.75) is 13.5 Å². The maximum Gasteiger partial charge on any atom is 0.260 e. The van der Waals surface area contributed by atoms with Crippen LogP contribution in [0.3, 0.4) is 0 Å². The number of hydrogen-bond acceptors (Lipinski definition) is 7. The second kappa shape index (κ2) is 8.86. The van der Waals surface area contributed by atoms with Crippen LogP contribution in [0.25, 0.3) is 22.2 Å². The molecule has 1 aromatic carbocycles. The highest BCUT2D eigenvalue weighted by Crippen LogP contribution is 2.45. The average molecular weight is 438 g/mol. The molecule has 0 fully saturated rings. The van der Waals surface area contributed by atoms with Gasteiger partial charge in [0, 0.05) is 42.8 Å². The van der Waals surface area contributed by atoms with E-state index in [4.69, 9.17) is 38.4 Å². The van der Waals surface area contributed by atoms with Crippen LogP contribution in [0.15, 0.2) is 23.1 Å². The highest BCUT2D eigenvalue weighted by atomic mass is 35.5. The van der Waals surface area contributed by atoms with Crippen LogP contribution >= 0.6 is 23.2 Å². The van der Waals surface area contributed by atoms with E-state index in [1.807, 2.05) is 6.92 Å².